The topological polar surface area (TPSA) is 55.1 Å². The van der Waals surface area contributed by atoms with E-state index in [2.05, 4.69) is 11.6 Å². The maximum atomic E-state index is 12.6. The summed E-state index contributed by atoms with van der Waals surface area (Å²) in [5.41, 5.74) is 6.27. The lowest BCUT2D eigenvalue weighted by molar-refractivity contribution is -0.127. The molecular weight excluding hydrogens is 256 g/mol. The number of nitrogens with one attached hydrogen (secondary N) is 1. The number of rotatable bonds is 3. The molecule has 3 aliphatic carbocycles. The lowest BCUT2D eigenvalue weighted by atomic mass is 9.83. The summed E-state index contributed by atoms with van der Waals surface area (Å²) in [5, 5.41) is 3.94. The summed E-state index contributed by atoms with van der Waals surface area (Å²) >= 11 is 1.91. The molecule has 6 unspecified atom stereocenters. The molecule has 3 rings (SSSR count). The third kappa shape index (κ3) is 2.54. The highest BCUT2D eigenvalue weighted by Gasteiger charge is 2.49. The number of hydrogen-bond donors (Lipinski definition) is 2. The first-order valence-corrected chi connectivity index (χ1v) is 9.08. The Morgan fingerprint density at radius 2 is 1.89 bits per heavy atom. The van der Waals surface area contributed by atoms with E-state index in [1.807, 2.05) is 11.8 Å². The summed E-state index contributed by atoms with van der Waals surface area (Å²) in [4.78, 5) is 12.6. The van der Waals surface area contributed by atoms with E-state index in [-0.39, 0.29) is 17.9 Å². The van der Waals surface area contributed by atoms with E-state index in [0.717, 1.165) is 6.42 Å². The van der Waals surface area contributed by atoms with Gasteiger partial charge in [0.25, 0.3) is 0 Å². The first-order chi connectivity index (χ1) is 9.20. The maximum absolute atomic E-state index is 12.6. The van der Waals surface area contributed by atoms with Gasteiger partial charge >= 0.3 is 0 Å². The third-order valence-corrected chi connectivity index (χ3v) is 6.79. The molecule has 0 aromatic rings. The summed E-state index contributed by atoms with van der Waals surface area (Å²) in [6, 6.07) is 0.498. The lowest BCUT2D eigenvalue weighted by Crippen LogP contribution is -2.51. The van der Waals surface area contributed by atoms with Crippen molar-refractivity contribution in [3.8, 4) is 0 Å². The van der Waals surface area contributed by atoms with Gasteiger partial charge in [0.05, 0.1) is 5.92 Å². The Hall–Kier alpha value is -0.220. The smallest absolute Gasteiger partial charge is 0.225 e. The van der Waals surface area contributed by atoms with Crippen molar-refractivity contribution in [2.24, 2.45) is 23.5 Å². The Labute approximate surface area is 120 Å². The van der Waals surface area contributed by atoms with Crippen LogP contribution in [0.4, 0.5) is 0 Å². The zero-order valence-corrected chi connectivity index (χ0v) is 12.6. The number of thioether (sulfide) groups is 1. The number of carbonyl (C=O) groups excluding carboxylic acids is 1. The van der Waals surface area contributed by atoms with Crippen LogP contribution in [0.15, 0.2) is 0 Å². The Morgan fingerprint density at radius 3 is 2.58 bits per heavy atom. The van der Waals surface area contributed by atoms with Gasteiger partial charge in [0.15, 0.2) is 0 Å². The minimum Gasteiger partial charge on any atom is -0.352 e. The van der Waals surface area contributed by atoms with Gasteiger partial charge in [0.2, 0.25) is 5.91 Å². The third-order valence-electron chi connectivity index (χ3n) is 5.62. The van der Waals surface area contributed by atoms with Crippen molar-refractivity contribution in [2.45, 2.75) is 62.3 Å². The number of nitrogens with two attached hydrogens (primary N) is 1. The molecule has 0 aromatic heterocycles. The molecule has 3 aliphatic rings. The van der Waals surface area contributed by atoms with Gasteiger partial charge in [0.1, 0.15) is 0 Å². The first-order valence-electron chi connectivity index (χ1n) is 7.79. The summed E-state index contributed by atoms with van der Waals surface area (Å²) < 4.78 is 0. The van der Waals surface area contributed by atoms with Crippen LogP contribution in [-0.4, -0.2) is 29.5 Å². The van der Waals surface area contributed by atoms with E-state index in [0.29, 0.717) is 23.1 Å². The van der Waals surface area contributed by atoms with Crippen LogP contribution in [0.3, 0.4) is 0 Å². The Kier molecular flexibility index (Phi) is 4.08. The number of hydrogen-bond acceptors (Lipinski definition) is 3. The van der Waals surface area contributed by atoms with Crippen LogP contribution in [0.2, 0.25) is 0 Å². The molecule has 0 heterocycles. The van der Waals surface area contributed by atoms with Crippen molar-refractivity contribution in [3.63, 3.8) is 0 Å². The molecule has 0 aromatic carbocycles. The molecule has 4 heteroatoms. The van der Waals surface area contributed by atoms with Gasteiger partial charge in [-0.15, -0.1) is 0 Å². The largest absolute Gasteiger partial charge is 0.352 e. The normalized spacial score (nSPS) is 45.4. The predicted octanol–water partition coefficient (Wildman–Crippen LogP) is 2.15. The van der Waals surface area contributed by atoms with Gasteiger partial charge in [-0.25, -0.2) is 0 Å². The Balaban J connectivity index is 1.61. The van der Waals surface area contributed by atoms with E-state index in [9.17, 15) is 4.79 Å². The second-order valence-corrected chi connectivity index (χ2v) is 7.69. The predicted molar refractivity (Wildman–Crippen MR) is 80.0 cm³/mol. The van der Waals surface area contributed by atoms with Crippen LogP contribution in [0, 0.1) is 17.8 Å². The number of fused-ring (bicyclic) bond motifs is 2. The minimum absolute atomic E-state index is 0.100. The summed E-state index contributed by atoms with van der Waals surface area (Å²) in [5.74, 6) is 1.54. The van der Waals surface area contributed by atoms with Crippen LogP contribution in [0.25, 0.3) is 0 Å². The fourth-order valence-electron chi connectivity index (χ4n) is 4.55. The zero-order chi connectivity index (χ0) is 13.4. The highest BCUT2D eigenvalue weighted by atomic mass is 32.2. The molecule has 6 atom stereocenters. The van der Waals surface area contributed by atoms with Crippen LogP contribution < -0.4 is 11.1 Å². The monoisotopic (exact) mass is 282 g/mol. The highest BCUT2D eigenvalue weighted by molar-refractivity contribution is 7.99. The van der Waals surface area contributed by atoms with Gasteiger partial charge in [-0.05, 0) is 50.2 Å². The molecule has 3 nitrogen and oxygen atoms in total. The van der Waals surface area contributed by atoms with Crippen LogP contribution in [-0.2, 0) is 4.79 Å². The fourth-order valence-corrected chi connectivity index (χ4v) is 5.48. The maximum Gasteiger partial charge on any atom is 0.225 e. The summed E-state index contributed by atoms with van der Waals surface area (Å²) in [7, 11) is 0. The van der Waals surface area contributed by atoms with Gasteiger partial charge < -0.3 is 11.1 Å². The average Bonchev–Trinajstić information content (AvgIpc) is 3.00. The molecule has 108 valence electrons. The molecule has 3 fully saturated rings. The summed E-state index contributed by atoms with van der Waals surface area (Å²) in [6.45, 7) is 0. The molecule has 0 aliphatic heterocycles. The van der Waals surface area contributed by atoms with Crippen LogP contribution in [0.1, 0.15) is 44.9 Å². The van der Waals surface area contributed by atoms with E-state index in [1.165, 1.54) is 38.5 Å². The van der Waals surface area contributed by atoms with Crippen molar-refractivity contribution in [1.29, 1.82) is 0 Å². The number of amides is 1. The van der Waals surface area contributed by atoms with Gasteiger partial charge in [-0.2, -0.15) is 11.8 Å². The second kappa shape index (κ2) is 5.65. The molecule has 2 bridgehead atoms. The zero-order valence-electron chi connectivity index (χ0n) is 11.8. The van der Waals surface area contributed by atoms with E-state index in [4.69, 9.17) is 5.73 Å². The lowest BCUT2D eigenvalue weighted by Gasteiger charge is -2.34. The second-order valence-electron chi connectivity index (χ2n) is 6.61. The van der Waals surface area contributed by atoms with Crippen molar-refractivity contribution in [1.82, 2.24) is 5.32 Å². The Bertz CT molecular complexity index is 347. The van der Waals surface area contributed by atoms with Crippen LogP contribution >= 0.6 is 11.8 Å². The molecule has 1 amide bonds. The SMILES string of the molecule is CSC1CCCCC1NC(=O)C1C2CCC(C2)C1N. The molecule has 0 radical (unpaired) electrons. The minimum atomic E-state index is 0.100. The van der Waals surface area contributed by atoms with Crippen LogP contribution in [0.5, 0.6) is 0 Å². The van der Waals surface area contributed by atoms with E-state index in [1.54, 1.807) is 0 Å². The number of carbonyl (C=O) groups is 1. The van der Waals surface area contributed by atoms with Crippen molar-refractivity contribution < 1.29 is 4.79 Å². The van der Waals surface area contributed by atoms with Crippen molar-refractivity contribution >= 4 is 17.7 Å². The molecule has 0 spiro atoms. The van der Waals surface area contributed by atoms with Gasteiger partial charge in [-0.3, -0.25) is 4.79 Å². The molecule has 0 saturated heterocycles. The van der Waals surface area contributed by atoms with E-state index < -0.39 is 0 Å². The van der Waals surface area contributed by atoms with Crippen molar-refractivity contribution in [3.05, 3.63) is 0 Å². The fraction of sp³-hybridized carbons (Fsp3) is 0.933. The molecule has 19 heavy (non-hydrogen) atoms. The average molecular weight is 282 g/mol. The molecular formula is C15H26N2OS. The standard InChI is InChI=1S/C15H26N2OS/c1-19-12-5-3-2-4-11(12)17-15(18)13-9-6-7-10(8-9)14(13)16/h9-14H,2-8,16H2,1H3,(H,17,18). The molecule has 3 saturated carbocycles. The highest BCUT2D eigenvalue weighted by Crippen LogP contribution is 2.47. The Morgan fingerprint density at radius 1 is 1.16 bits per heavy atom. The van der Waals surface area contributed by atoms with Crippen molar-refractivity contribution in [2.75, 3.05) is 6.26 Å². The quantitative estimate of drug-likeness (QED) is 0.834. The van der Waals surface area contributed by atoms with E-state index >= 15 is 0 Å². The van der Waals surface area contributed by atoms with Gasteiger partial charge in [0, 0.05) is 17.3 Å². The summed E-state index contributed by atoms with van der Waals surface area (Å²) in [6.07, 6.45) is 10.8. The van der Waals surface area contributed by atoms with Gasteiger partial charge in [-0.1, -0.05) is 12.8 Å². The molecule has 3 N–H and O–H groups in total. The first kappa shape index (κ1) is 13.7.